The highest BCUT2D eigenvalue weighted by atomic mass is 16.5. The first-order chi connectivity index (χ1) is 18.2. The Morgan fingerprint density at radius 1 is 1.13 bits per heavy atom. The Labute approximate surface area is 226 Å². The van der Waals surface area contributed by atoms with Gasteiger partial charge in [-0.05, 0) is 67.8 Å². The molecule has 1 aromatic heterocycles. The van der Waals surface area contributed by atoms with Gasteiger partial charge in [0.05, 0.1) is 5.69 Å². The maximum absolute atomic E-state index is 11.0. The predicted molar refractivity (Wildman–Crippen MR) is 159 cm³/mol. The first kappa shape index (κ1) is 30.3. The quantitative estimate of drug-likeness (QED) is 0.118. The fraction of sp³-hybridized carbons (Fsp3) is 0.367. The van der Waals surface area contributed by atoms with Crippen LogP contribution in [0.25, 0.3) is 0 Å². The SMILES string of the molecule is CCCC(CNC)OC(=N)c1c(Nc2cccc(C=O)c2)ccnc1N.CNc1ccc(C(C)C)c(C)c1. The molecule has 38 heavy (non-hydrogen) atoms. The molecular formula is C30H42N6O2. The molecule has 8 heteroatoms. The van der Waals surface area contributed by atoms with Gasteiger partial charge < -0.3 is 26.4 Å². The molecule has 204 valence electrons. The molecule has 0 saturated carbocycles. The maximum atomic E-state index is 11.0. The molecule has 0 aliphatic heterocycles. The molecule has 0 saturated heterocycles. The first-order valence-corrected chi connectivity index (χ1v) is 13.0. The number of rotatable bonds is 11. The molecule has 0 spiro atoms. The Bertz CT molecular complexity index is 1190. The number of nitrogens with zero attached hydrogens (tertiary/aromatic N) is 1. The number of hydrogen-bond acceptors (Lipinski definition) is 8. The summed E-state index contributed by atoms with van der Waals surface area (Å²) in [6.07, 6.45) is 4.00. The largest absolute Gasteiger partial charge is 0.473 e. The third kappa shape index (κ3) is 8.88. The van der Waals surface area contributed by atoms with Crippen molar-refractivity contribution in [2.75, 3.05) is 37.0 Å². The number of ether oxygens (including phenoxy) is 1. The smallest absolute Gasteiger partial charge is 0.219 e. The van der Waals surface area contributed by atoms with Gasteiger partial charge in [0.1, 0.15) is 23.8 Å². The van der Waals surface area contributed by atoms with E-state index in [9.17, 15) is 4.79 Å². The van der Waals surface area contributed by atoms with Crippen LogP contribution in [0.3, 0.4) is 0 Å². The van der Waals surface area contributed by atoms with E-state index in [2.05, 4.69) is 66.8 Å². The molecule has 1 atom stereocenters. The molecule has 0 aliphatic rings. The number of pyridine rings is 1. The predicted octanol–water partition coefficient (Wildman–Crippen LogP) is 6.11. The normalized spacial score (nSPS) is 11.2. The van der Waals surface area contributed by atoms with Gasteiger partial charge in [0.25, 0.3) is 0 Å². The van der Waals surface area contributed by atoms with E-state index in [0.29, 0.717) is 29.3 Å². The lowest BCUT2D eigenvalue weighted by Gasteiger charge is -2.21. The number of carbonyl (C=O) groups excluding carboxylic acids is 1. The Hall–Kier alpha value is -3.91. The highest BCUT2D eigenvalue weighted by Gasteiger charge is 2.18. The van der Waals surface area contributed by atoms with Crippen LogP contribution in [0, 0.1) is 12.3 Å². The number of hydrogen-bond donors (Lipinski definition) is 5. The summed E-state index contributed by atoms with van der Waals surface area (Å²) >= 11 is 0. The average molecular weight is 519 g/mol. The molecule has 0 radical (unpaired) electrons. The van der Waals surface area contributed by atoms with Crippen LogP contribution in [0.5, 0.6) is 0 Å². The van der Waals surface area contributed by atoms with E-state index in [1.807, 2.05) is 20.2 Å². The third-order valence-electron chi connectivity index (χ3n) is 6.02. The first-order valence-electron chi connectivity index (χ1n) is 13.0. The summed E-state index contributed by atoms with van der Waals surface area (Å²) in [6, 6.07) is 15.3. The van der Waals surface area contributed by atoms with Gasteiger partial charge in [-0.3, -0.25) is 10.2 Å². The van der Waals surface area contributed by atoms with Crippen LogP contribution in [-0.2, 0) is 4.74 Å². The molecule has 0 aliphatic carbocycles. The standard InChI is InChI=1S/C19H25N5O2.C11H17N/c1-3-5-15(11-22-2)26-19(21)17-16(8-9-23-18(17)20)24-14-7-4-6-13(10-14)12-25;1-8(2)11-6-5-10(12-4)7-9(11)3/h4,6-10,12,15,21-22H,3,5,11H2,1-2H3,(H3,20,23,24);5-8,12H,1-4H3. The van der Waals surface area contributed by atoms with Crippen molar-refractivity contribution in [3.05, 3.63) is 77.0 Å². The van der Waals surface area contributed by atoms with Gasteiger partial charge in [-0.15, -0.1) is 0 Å². The summed E-state index contributed by atoms with van der Waals surface area (Å²) in [5, 5.41) is 17.8. The molecule has 0 amide bonds. The summed E-state index contributed by atoms with van der Waals surface area (Å²) in [4.78, 5) is 15.0. The number of carbonyl (C=O) groups is 1. The Balaban J connectivity index is 0.000000352. The van der Waals surface area contributed by atoms with E-state index in [0.717, 1.165) is 24.8 Å². The van der Waals surface area contributed by atoms with Crippen molar-refractivity contribution in [2.45, 2.75) is 52.6 Å². The molecule has 1 unspecified atom stereocenters. The van der Waals surface area contributed by atoms with E-state index >= 15 is 0 Å². The minimum absolute atomic E-state index is 0.0293. The topological polar surface area (TPSA) is 125 Å². The van der Waals surface area contributed by atoms with Crippen molar-refractivity contribution in [2.24, 2.45) is 0 Å². The van der Waals surface area contributed by atoms with Crippen LogP contribution in [0.2, 0.25) is 0 Å². The van der Waals surface area contributed by atoms with Crippen LogP contribution in [-0.4, -0.2) is 43.9 Å². The zero-order chi connectivity index (χ0) is 28.1. The molecule has 6 N–H and O–H groups in total. The van der Waals surface area contributed by atoms with Crippen molar-refractivity contribution in [1.29, 1.82) is 5.41 Å². The number of anilines is 4. The van der Waals surface area contributed by atoms with Crippen molar-refractivity contribution < 1.29 is 9.53 Å². The highest BCUT2D eigenvalue weighted by Crippen LogP contribution is 2.26. The number of nitrogens with one attached hydrogen (secondary N) is 4. The fourth-order valence-corrected chi connectivity index (χ4v) is 4.12. The van der Waals surface area contributed by atoms with Crippen LogP contribution in [0.1, 0.15) is 66.6 Å². The molecular weight excluding hydrogens is 476 g/mol. The van der Waals surface area contributed by atoms with Crippen LogP contribution < -0.4 is 21.7 Å². The molecule has 3 rings (SSSR count). The van der Waals surface area contributed by atoms with Crippen molar-refractivity contribution in [3.8, 4) is 0 Å². The second-order valence-corrected chi connectivity index (χ2v) is 9.38. The van der Waals surface area contributed by atoms with Gasteiger partial charge >= 0.3 is 0 Å². The average Bonchev–Trinajstić information content (AvgIpc) is 2.89. The van der Waals surface area contributed by atoms with Gasteiger partial charge in [0, 0.05) is 36.7 Å². The van der Waals surface area contributed by atoms with E-state index in [4.69, 9.17) is 15.9 Å². The number of nitrogen functional groups attached to an aromatic ring is 1. The lowest BCUT2D eigenvalue weighted by atomic mass is 9.98. The minimum atomic E-state index is -0.122. The summed E-state index contributed by atoms with van der Waals surface area (Å²) in [5.41, 5.74) is 12.3. The van der Waals surface area contributed by atoms with Crippen molar-refractivity contribution in [1.82, 2.24) is 10.3 Å². The molecule has 8 nitrogen and oxygen atoms in total. The van der Waals surface area contributed by atoms with E-state index in [1.54, 1.807) is 30.5 Å². The maximum Gasteiger partial charge on any atom is 0.219 e. The number of aryl methyl sites for hydroxylation is 1. The van der Waals surface area contributed by atoms with Crippen LogP contribution in [0.15, 0.2) is 54.7 Å². The molecule has 3 aromatic rings. The fourth-order valence-electron chi connectivity index (χ4n) is 4.12. The van der Waals surface area contributed by atoms with Gasteiger partial charge in [0.15, 0.2) is 0 Å². The molecule has 2 aromatic carbocycles. The second kappa shape index (κ2) is 15.4. The summed E-state index contributed by atoms with van der Waals surface area (Å²) in [6.45, 7) is 9.32. The van der Waals surface area contributed by atoms with E-state index in [1.165, 1.54) is 16.8 Å². The number of aldehydes is 1. The van der Waals surface area contributed by atoms with Gasteiger partial charge in [0.2, 0.25) is 5.90 Å². The lowest BCUT2D eigenvalue weighted by Crippen LogP contribution is -2.29. The summed E-state index contributed by atoms with van der Waals surface area (Å²) < 4.78 is 5.83. The molecule has 0 bridgehead atoms. The van der Waals surface area contributed by atoms with Crippen LogP contribution in [0.4, 0.5) is 22.9 Å². The van der Waals surface area contributed by atoms with Gasteiger partial charge in [-0.2, -0.15) is 0 Å². The summed E-state index contributed by atoms with van der Waals surface area (Å²) in [5.74, 6) is 0.806. The number of benzene rings is 2. The second-order valence-electron chi connectivity index (χ2n) is 9.38. The van der Waals surface area contributed by atoms with Gasteiger partial charge in [-0.25, -0.2) is 4.98 Å². The van der Waals surface area contributed by atoms with Gasteiger partial charge in [-0.1, -0.05) is 45.4 Å². The van der Waals surface area contributed by atoms with Crippen LogP contribution >= 0.6 is 0 Å². The highest BCUT2D eigenvalue weighted by molar-refractivity contribution is 6.02. The Kier molecular flexibility index (Phi) is 12.3. The zero-order valence-corrected chi connectivity index (χ0v) is 23.4. The monoisotopic (exact) mass is 518 g/mol. The van der Waals surface area contributed by atoms with Crippen molar-refractivity contribution in [3.63, 3.8) is 0 Å². The third-order valence-corrected chi connectivity index (χ3v) is 6.02. The molecule has 1 heterocycles. The lowest BCUT2D eigenvalue weighted by molar-refractivity contribution is 0.112. The van der Waals surface area contributed by atoms with Crippen molar-refractivity contribution >= 4 is 35.1 Å². The zero-order valence-electron chi connectivity index (χ0n) is 23.4. The Morgan fingerprint density at radius 2 is 1.89 bits per heavy atom. The van der Waals surface area contributed by atoms with E-state index in [-0.39, 0.29) is 17.8 Å². The number of nitrogens with two attached hydrogens (primary N) is 1. The summed E-state index contributed by atoms with van der Waals surface area (Å²) in [7, 11) is 3.80. The Morgan fingerprint density at radius 3 is 2.50 bits per heavy atom. The molecule has 0 fully saturated rings. The van der Waals surface area contributed by atoms with E-state index < -0.39 is 0 Å². The number of aromatic nitrogens is 1. The minimum Gasteiger partial charge on any atom is -0.473 e. The number of likely N-dealkylation sites (N-methyl/N-ethyl adjacent to an activating group) is 1.